The van der Waals surface area contributed by atoms with Crippen molar-refractivity contribution in [3.63, 3.8) is 0 Å². The van der Waals surface area contributed by atoms with Crippen LogP contribution in [0.2, 0.25) is 0 Å². The van der Waals surface area contributed by atoms with E-state index in [-0.39, 0.29) is 12.5 Å². The van der Waals surface area contributed by atoms with E-state index in [0.29, 0.717) is 39.1 Å². The summed E-state index contributed by atoms with van der Waals surface area (Å²) in [5, 5.41) is 9.20. The van der Waals surface area contributed by atoms with E-state index in [1.54, 1.807) is 4.90 Å². The fourth-order valence-electron chi connectivity index (χ4n) is 2.30. The molecule has 0 spiro atoms. The number of carboxylic acid groups (broad SMARTS) is 1. The van der Waals surface area contributed by atoms with E-state index in [0.717, 1.165) is 5.56 Å². The van der Waals surface area contributed by atoms with E-state index < -0.39 is 12.1 Å². The van der Waals surface area contributed by atoms with Crippen LogP contribution in [0.3, 0.4) is 0 Å². The number of carboxylic acids is 1. The quantitative estimate of drug-likeness (QED) is 0.811. The van der Waals surface area contributed by atoms with Gasteiger partial charge in [-0.15, -0.1) is 0 Å². The van der Waals surface area contributed by atoms with Crippen molar-refractivity contribution in [1.82, 2.24) is 4.90 Å². The van der Waals surface area contributed by atoms with Gasteiger partial charge in [0.1, 0.15) is 6.61 Å². The maximum atomic E-state index is 12.0. The van der Waals surface area contributed by atoms with Crippen LogP contribution in [0.1, 0.15) is 12.0 Å². The summed E-state index contributed by atoms with van der Waals surface area (Å²) in [7, 11) is 0. The van der Waals surface area contributed by atoms with Crippen LogP contribution >= 0.6 is 0 Å². The molecule has 0 radical (unpaired) electrons. The predicted octanol–water partition coefficient (Wildman–Crippen LogP) is 0.948. The first-order valence-corrected chi connectivity index (χ1v) is 7.40. The van der Waals surface area contributed by atoms with E-state index in [9.17, 15) is 14.7 Å². The number of morpholine rings is 1. The van der Waals surface area contributed by atoms with Crippen LogP contribution in [0.5, 0.6) is 0 Å². The lowest BCUT2D eigenvalue weighted by atomic mass is 10.1. The van der Waals surface area contributed by atoms with Gasteiger partial charge in [-0.2, -0.15) is 0 Å². The molecular formula is C16H21NO5. The SMILES string of the molecule is O=C(O)C(CCc1ccccc1)OCC(=O)N1CCOCC1. The number of ether oxygens (including phenoxy) is 2. The Labute approximate surface area is 129 Å². The molecule has 1 aromatic rings. The highest BCUT2D eigenvalue weighted by molar-refractivity contribution is 5.78. The van der Waals surface area contributed by atoms with Crippen molar-refractivity contribution in [2.45, 2.75) is 18.9 Å². The zero-order valence-corrected chi connectivity index (χ0v) is 12.4. The topological polar surface area (TPSA) is 76.1 Å². The molecule has 2 rings (SSSR count). The second-order valence-electron chi connectivity index (χ2n) is 5.16. The Morgan fingerprint density at radius 1 is 1.23 bits per heavy atom. The normalized spacial score (nSPS) is 16.3. The molecule has 6 heteroatoms. The number of amides is 1. The third kappa shape index (κ3) is 5.13. The van der Waals surface area contributed by atoms with E-state index in [1.165, 1.54) is 0 Å². The number of aliphatic carboxylic acids is 1. The summed E-state index contributed by atoms with van der Waals surface area (Å²) in [6, 6.07) is 9.62. The lowest BCUT2D eigenvalue weighted by Crippen LogP contribution is -2.43. The Morgan fingerprint density at radius 2 is 1.91 bits per heavy atom. The van der Waals surface area contributed by atoms with E-state index >= 15 is 0 Å². The van der Waals surface area contributed by atoms with Gasteiger partial charge in [0.2, 0.25) is 5.91 Å². The van der Waals surface area contributed by atoms with Crippen LogP contribution in [0.4, 0.5) is 0 Å². The van der Waals surface area contributed by atoms with E-state index in [4.69, 9.17) is 9.47 Å². The molecule has 0 aliphatic carbocycles. The second kappa shape index (κ2) is 8.51. The summed E-state index contributed by atoms with van der Waals surface area (Å²) in [5.74, 6) is -1.22. The van der Waals surface area contributed by atoms with Crippen LogP contribution in [-0.4, -0.2) is 60.9 Å². The molecule has 1 N–H and O–H groups in total. The molecule has 1 heterocycles. The summed E-state index contributed by atoms with van der Waals surface area (Å²) >= 11 is 0. The van der Waals surface area contributed by atoms with Gasteiger partial charge in [0.15, 0.2) is 6.10 Å². The minimum Gasteiger partial charge on any atom is -0.479 e. The summed E-state index contributed by atoms with van der Waals surface area (Å²) in [6.07, 6.45) is -0.0237. The van der Waals surface area contributed by atoms with Gasteiger partial charge in [0.05, 0.1) is 13.2 Å². The molecule has 22 heavy (non-hydrogen) atoms. The van der Waals surface area contributed by atoms with Crippen LogP contribution in [-0.2, 0) is 25.5 Å². The first-order valence-electron chi connectivity index (χ1n) is 7.40. The average molecular weight is 307 g/mol. The van der Waals surface area contributed by atoms with Crippen LogP contribution in [0.25, 0.3) is 0 Å². The molecule has 1 aliphatic heterocycles. The van der Waals surface area contributed by atoms with Gasteiger partial charge in [-0.1, -0.05) is 30.3 Å². The van der Waals surface area contributed by atoms with Gasteiger partial charge in [-0.25, -0.2) is 4.79 Å². The Kier molecular flexibility index (Phi) is 6.36. The highest BCUT2D eigenvalue weighted by atomic mass is 16.5. The molecular weight excluding hydrogens is 286 g/mol. The first-order chi connectivity index (χ1) is 10.7. The van der Waals surface area contributed by atoms with Crippen molar-refractivity contribution in [2.75, 3.05) is 32.9 Å². The highest BCUT2D eigenvalue weighted by Crippen LogP contribution is 2.08. The molecule has 1 aromatic carbocycles. The molecule has 1 atom stereocenters. The largest absolute Gasteiger partial charge is 0.479 e. The molecule has 0 aromatic heterocycles. The first kappa shape index (κ1) is 16.5. The predicted molar refractivity (Wildman–Crippen MR) is 79.5 cm³/mol. The number of benzene rings is 1. The number of aryl methyl sites for hydroxylation is 1. The number of rotatable bonds is 7. The van der Waals surface area contributed by atoms with Crippen molar-refractivity contribution in [3.8, 4) is 0 Å². The fraction of sp³-hybridized carbons (Fsp3) is 0.500. The van der Waals surface area contributed by atoms with Crippen molar-refractivity contribution in [1.29, 1.82) is 0 Å². The van der Waals surface area contributed by atoms with Gasteiger partial charge in [-0.05, 0) is 18.4 Å². The molecule has 1 amide bonds. The second-order valence-corrected chi connectivity index (χ2v) is 5.16. The van der Waals surface area contributed by atoms with E-state index in [2.05, 4.69) is 0 Å². The van der Waals surface area contributed by atoms with Crippen LogP contribution in [0, 0.1) is 0 Å². The summed E-state index contributed by atoms with van der Waals surface area (Å²) in [5.41, 5.74) is 1.05. The molecule has 6 nitrogen and oxygen atoms in total. The molecule has 1 fully saturated rings. The average Bonchev–Trinajstić information content (AvgIpc) is 2.56. The number of hydrogen-bond acceptors (Lipinski definition) is 4. The number of nitrogens with zero attached hydrogens (tertiary/aromatic N) is 1. The Balaban J connectivity index is 1.78. The zero-order chi connectivity index (χ0) is 15.8. The van der Waals surface area contributed by atoms with Gasteiger partial charge in [0, 0.05) is 13.1 Å². The lowest BCUT2D eigenvalue weighted by Gasteiger charge is -2.27. The van der Waals surface area contributed by atoms with Crippen LogP contribution in [0.15, 0.2) is 30.3 Å². The number of carbonyl (C=O) groups excluding carboxylic acids is 1. The molecule has 0 bridgehead atoms. The fourth-order valence-corrected chi connectivity index (χ4v) is 2.30. The number of hydrogen-bond donors (Lipinski definition) is 1. The molecule has 1 saturated heterocycles. The van der Waals surface area contributed by atoms with Gasteiger partial charge < -0.3 is 19.5 Å². The molecule has 0 saturated carbocycles. The highest BCUT2D eigenvalue weighted by Gasteiger charge is 2.22. The lowest BCUT2D eigenvalue weighted by molar-refractivity contribution is -0.155. The van der Waals surface area contributed by atoms with E-state index in [1.807, 2.05) is 30.3 Å². The smallest absolute Gasteiger partial charge is 0.332 e. The summed E-state index contributed by atoms with van der Waals surface area (Å²) in [6.45, 7) is 1.89. The van der Waals surface area contributed by atoms with Gasteiger partial charge >= 0.3 is 5.97 Å². The van der Waals surface area contributed by atoms with Crippen LogP contribution < -0.4 is 0 Å². The summed E-state index contributed by atoms with van der Waals surface area (Å²) in [4.78, 5) is 24.8. The Hall–Kier alpha value is -1.92. The third-order valence-corrected chi connectivity index (χ3v) is 3.59. The summed E-state index contributed by atoms with van der Waals surface area (Å²) < 4.78 is 10.5. The molecule has 120 valence electrons. The van der Waals surface area contributed by atoms with Crippen molar-refractivity contribution in [2.24, 2.45) is 0 Å². The van der Waals surface area contributed by atoms with Crippen molar-refractivity contribution in [3.05, 3.63) is 35.9 Å². The Bertz CT molecular complexity index is 485. The van der Waals surface area contributed by atoms with Gasteiger partial charge in [0.25, 0.3) is 0 Å². The van der Waals surface area contributed by atoms with Crippen molar-refractivity contribution < 1.29 is 24.2 Å². The Morgan fingerprint density at radius 3 is 2.55 bits per heavy atom. The number of carbonyl (C=O) groups is 2. The minimum atomic E-state index is -1.04. The zero-order valence-electron chi connectivity index (χ0n) is 12.4. The van der Waals surface area contributed by atoms with Gasteiger partial charge in [-0.3, -0.25) is 4.79 Å². The maximum Gasteiger partial charge on any atom is 0.332 e. The molecule has 1 unspecified atom stereocenters. The van der Waals surface area contributed by atoms with Crippen molar-refractivity contribution >= 4 is 11.9 Å². The monoisotopic (exact) mass is 307 g/mol. The molecule has 1 aliphatic rings. The standard InChI is InChI=1S/C16H21NO5/c18-15(17-8-10-21-11-9-17)12-22-14(16(19)20)7-6-13-4-2-1-3-5-13/h1-5,14H,6-12H2,(H,19,20). The third-order valence-electron chi connectivity index (χ3n) is 3.59. The maximum absolute atomic E-state index is 12.0. The minimum absolute atomic E-state index is 0.186.